The van der Waals surface area contributed by atoms with Crippen molar-refractivity contribution in [2.75, 3.05) is 18.6 Å². The van der Waals surface area contributed by atoms with E-state index in [1.54, 1.807) is 7.11 Å². The van der Waals surface area contributed by atoms with E-state index in [1.165, 1.54) is 16.8 Å². The fourth-order valence-electron chi connectivity index (χ4n) is 3.24. The Labute approximate surface area is 148 Å². The average molecular weight is 328 g/mol. The third-order valence-corrected chi connectivity index (χ3v) is 4.60. The molecule has 4 rings (SSSR count). The topological polar surface area (TPSA) is 24.8 Å². The molecule has 2 heterocycles. The quantitative estimate of drug-likeness (QED) is 0.770. The van der Waals surface area contributed by atoms with Gasteiger partial charge in [-0.2, -0.15) is 0 Å². The van der Waals surface area contributed by atoms with E-state index in [0.717, 1.165) is 29.1 Å². The van der Waals surface area contributed by atoms with E-state index in [1.807, 2.05) is 24.4 Å². The van der Waals surface area contributed by atoms with Gasteiger partial charge in [0.25, 0.3) is 0 Å². The Bertz CT molecular complexity index is 935. The summed E-state index contributed by atoms with van der Waals surface area (Å²) in [6.45, 7) is 3.12. The van der Waals surface area contributed by atoms with Crippen LogP contribution in [0.1, 0.15) is 18.1 Å². The van der Waals surface area contributed by atoms with Gasteiger partial charge in [0, 0.05) is 41.3 Å². The third-order valence-electron chi connectivity index (χ3n) is 4.60. The molecule has 0 N–H and O–H groups in total. The van der Waals surface area contributed by atoms with Gasteiger partial charge in [-0.05, 0) is 42.8 Å². The summed E-state index contributed by atoms with van der Waals surface area (Å²) >= 11 is 0. The number of nitrogens with zero attached hydrogens (tertiary/aromatic N) is 2. The van der Waals surface area contributed by atoms with Crippen LogP contribution in [0.4, 0.5) is 11.4 Å². The molecule has 0 aliphatic carbocycles. The Morgan fingerprint density at radius 1 is 1.04 bits per heavy atom. The normalized spacial score (nSPS) is 17.9. The predicted octanol–water partition coefficient (Wildman–Crippen LogP) is 5.23. The van der Waals surface area contributed by atoms with Crippen LogP contribution < -0.4 is 9.64 Å². The number of hydrogen-bond donors (Lipinski definition) is 0. The van der Waals surface area contributed by atoms with Crippen LogP contribution in [0, 0.1) is 0 Å². The minimum atomic E-state index is 0.851. The highest BCUT2D eigenvalue weighted by Gasteiger charge is 2.15. The van der Waals surface area contributed by atoms with Gasteiger partial charge >= 0.3 is 0 Å². The standard InChI is InChI=1S/C22H20N2O/c1-3-24-13-12-16(19-6-4-5-7-22(19)24)8-9-17-15-23-21-11-10-18(25-2)14-20(17)21/h4-15H,3H2,1-2H3/b16-8-,17-9+. The minimum Gasteiger partial charge on any atom is -0.497 e. The largest absolute Gasteiger partial charge is 0.497 e. The van der Waals surface area contributed by atoms with Gasteiger partial charge in [-0.15, -0.1) is 0 Å². The first-order valence-corrected chi connectivity index (χ1v) is 8.49. The summed E-state index contributed by atoms with van der Waals surface area (Å²) in [7, 11) is 1.69. The van der Waals surface area contributed by atoms with Crippen LogP contribution in [0.5, 0.6) is 5.75 Å². The molecule has 124 valence electrons. The summed E-state index contributed by atoms with van der Waals surface area (Å²) < 4.78 is 5.34. The van der Waals surface area contributed by atoms with Gasteiger partial charge in [0.05, 0.1) is 12.8 Å². The van der Waals surface area contributed by atoms with E-state index in [2.05, 4.69) is 65.5 Å². The maximum atomic E-state index is 5.34. The Balaban J connectivity index is 1.72. The van der Waals surface area contributed by atoms with Crippen molar-refractivity contribution >= 4 is 28.7 Å². The van der Waals surface area contributed by atoms with E-state index in [0.29, 0.717) is 0 Å². The summed E-state index contributed by atoms with van der Waals surface area (Å²) in [6, 6.07) is 14.5. The van der Waals surface area contributed by atoms with Crippen molar-refractivity contribution in [1.29, 1.82) is 0 Å². The highest BCUT2D eigenvalue weighted by molar-refractivity contribution is 6.17. The van der Waals surface area contributed by atoms with Gasteiger partial charge in [0.2, 0.25) is 0 Å². The zero-order chi connectivity index (χ0) is 17.2. The number of rotatable bonds is 3. The lowest BCUT2D eigenvalue weighted by atomic mass is 9.98. The van der Waals surface area contributed by atoms with Crippen molar-refractivity contribution in [2.45, 2.75) is 6.92 Å². The van der Waals surface area contributed by atoms with Crippen LogP contribution in [-0.4, -0.2) is 19.9 Å². The van der Waals surface area contributed by atoms with E-state index in [9.17, 15) is 0 Å². The lowest BCUT2D eigenvalue weighted by Crippen LogP contribution is -2.18. The molecule has 3 nitrogen and oxygen atoms in total. The second kappa shape index (κ2) is 6.44. The second-order valence-corrected chi connectivity index (χ2v) is 6.00. The Kier molecular flexibility index (Phi) is 3.98. The Morgan fingerprint density at radius 2 is 1.88 bits per heavy atom. The zero-order valence-corrected chi connectivity index (χ0v) is 14.4. The fraction of sp³-hybridized carbons (Fsp3) is 0.136. The third kappa shape index (κ3) is 2.78. The lowest BCUT2D eigenvalue weighted by molar-refractivity contribution is 0.415. The molecule has 0 saturated heterocycles. The van der Waals surface area contributed by atoms with Crippen LogP contribution in [0.25, 0.3) is 11.1 Å². The van der Waals surface area contributed by atoms with Crippen LogP contribution in [0.3, 0.4) is 0 Å². The van der Waals surface area contributed by atoms with Crippen LogP contribution in [-0.2, 0) is 0 Å². The second-order valence-electron chi connectivity index (χ2n) is 6.00. The molecule has 0 radical (unpaired) electrons. The number of ether oxygens (including phenoxy) is 1. The summed E-state index contributed by atoms with van der Waals surface area (Å²) in [5.41, 5.74) is 6.91. The Morgan fingerprint density at radius 3 is 2.72 bits per heavy atom. The first kappa shape index (κ1) is 15.5. The van der Waals surface area contributed by atoms with Crippen molar-refractivity contribution in [3.05, 3.63) is 78.0 Å². The number of aliphatic imine (C=N–C) groups is 1. The molecule has 0 atom stereocenters. The predicted molar refractivity (Wildman–Crippen MR) is 106 cm³/mol. The first-order chi connectivity index (χ1) is 12.3. The smallest absolute Gasteiger partial charge is 0.119 e. The van der Waals surface area contributed by atoms with Crippen molar-refractivity contribution in [1.82, 2.24) is 0 Å². The maximum absolute atomic E-state index is 5.34. The first-order valence-electron chi connectivity index (χ1n) is 8.49. The van der Waals surface area contributed by atoms with Gasteiger partial charge < -0.3 is 9.64 Å². The number of allylic oxidation sites excluding steroid dienone is 5. The van der Waals surface area contributed by atoms with Gasteiger partial charge in [-0.1, -0.05) is 30.4 Å². The van der Waals surface area contributed by atoms with Gasteiger partial charge in [0.1, 0.15) is 5.75 Å². The van der Waals surface area contributed by atoms with Crippen LogP contribution in [0.15, 0.2) is 71.9 Å². The van der Waals surface area contributed by atoms with Crippen LogP contribution in [0.2, 0.25) is 0 Å². The van der Waals surface area contributed by atoms with Gasteiger partial charge in [-0.3, -0.25) is 4.99 Å². The van der Waals surface area contributed by atoms with Crippen molar-refractivity contribution in [3.8, 4) is 5.75 Å². The molecule has 3 heteroatoms. The monoisotopic (exact) mass is 328 g/mol. The van der Waals surface area contributed by atoms with E-state index >= 15 is 0 Å². The summed E-state index contributed by atoms with van der Waals surface area (Å²) in [6.07, 6.45) is 10.5. The Hall–Kier alpha value is -3.07. The lowest BCUT2D eigenvalue weighted by Gasteiger charge is -2.26. The highest BCUT2D eigenvalue weighted by atomic mass is 16.5. The molecule has 0 fully saturated rings. The summed E-state index contributed by atoms with van der Waals surface area (Å²) in [4.78, 5) is 6.75. The molecular formula is C22H20N2O. The molecular weight excluding hydrogens is 308 g/mol. The molecule has 25 heavy (non-hydrogen) atoms. The molecule has 0 spiro atoms. The van der Waals surface area contributed by atoms with Gasteiger partial charge in [0.15, 0.2) is 0 Å². The number of anilines is 1. The van der Waals surface area contributed by atoms with E-state index in [4.69, 9.17) is 4.74 Å². The summed E-state index contributed by atoms with van der Waals surface area (Å²) in [5.74, 6) is 0.851. The number of fused-ring (bicyclic) bond motifs is 2. The average Bonchev–Trinajstić information content (AvgIpc) is 3.08. The van der Waals surface area contributed by atoms with E-state index < -0.39 is 0 Å². The SMILES string of the molecule is CCN1C=C/C(=C/C=C2\C=Nc3ccc(OC)cc32)c2ccccc21. The molecule has 0 unspecified atom stereocenters. The molecule has 0 bridgehead atoms. The number of methoxy groups -OCH3 is 1. The van der Waals surface area contributed by atoms with Crippen molar-refractivity contribution in [2.24, 2.45) is 4.99 Å². The fourth-order valence-corrected chi connectivity index (χ4v) is 3.24. The minimum absolute atomic E-state index is 0.851. The van der Waals surface area contributed by atoms with Crippen molar-refractivity contribution in [3.63, 3.8) is 0 Å². The molecule has 2 aromatic rings. The number of hydrogen-bond acceptors (Lipinski definition) is 3. The van der Waals surface area contributed by atoms with Gasteiger partial charge in [-0.25, -0.2) is 0 Å². The molecule has 2 aromatic carbocycles. The van der Waals surface area contributed by atoms with E-state index in [-0.39, 0.29) is 0 Å². The zero-order valence-electron chi connectivity index (χ0n) is 14.4. The van der Waals surface area contributed by atoms with Crippen molar-refractivity contribution < 1.29 is 4.74 Å². The number of para-hydroxylation sites is 1. The molecule has 0 amide bonds. The van der Waals surface area contributed by atoms with Crippen LogP contribution >= 0.6 is 0 Å². The molecule has 2 aliphatic rings. The molecule has 2 aliphatic heterocycles. The highest BCUT2D eigenvalue weighted by Crippen LogP contribution is 2.36. The number of benzene rings is 2. The molecule has 0 aromatic heterocycles. The maximum Gasteiger partial charge on any atom is 0.119 e. The summed E-state index contributed by atoms with van der Waals surface area (Å²) in [5, 5.41) is 0. The molecule has 0 saturated carbocycles.